The predicted molar refractivity (Wildman–Crippen MR) is 99.0 cm³/mol. The third-order valence-electron chi connectivity index (χ3n) is 4.45. The van der Waals surface area contributed by atoms with E-state index >= 15 is 0 Å². The van der Waals surface area contributed by atoms with E-state index in [0.717, 1.165) is 37.4 Å². The zero-order valence-corrected chi connectivity index (χ0v) is 14.5. The second-order valence-electron chi connectivity index (χ2n) is 6.29. The summed E-state index contributed by atoms with van der Waals surface area (Å²) < 4.78 is 11.0. The largest absolute Gasteiger partial charge is 0.440 e. The molecular weight excluding hydrogens is 330 g/mol. The molecule has 1 aliphatic rings. The van der Waals surface area contributed by atoms with Crippen molar-refractivity contribution in [3.8, 4) is 0 Å². The number of morpholine rings is 1. The second-order valence-corrected chi connectivity index (χ2v) is 6.29. The molecule has 0 atom stereocenters. The molecule has 6 nitrogen and oxygen atoms in total. The van der Waals surface area contributed by atoms with Gasteiger partial charge in [-0.1, -0.05) is 24.3 Å². The summed E-state index contributed by atoms with van der Waals surface area (Å²) in [5.41, 5.74) is 3.73. The Morgan fingerprint density at radius 1 is 1.08 bits per heavy atom. The number of ether oxygens (including phenoxy) is 1. The van der Waals surface area contributed by atoms with Gasteiger partial charge in [0, 0.05) is 25.3 Å². The van der Waals surface area contributed by atoms with Crippen LogP contribution >= 0.6 is 0 Å². The van der Waals surface area contributed by atoms with Crippen LogP contribution in [0.2, 0.25) is 0 Å². The SMILES string of the molecule is O=C(Cc1nc2ccccc2o1)NCc1ccc(N2CCOCC2)cc1. The Kier molecular flexibility index (Phi) is 4.84. The lowest BCUT2D eigenvalue weighted by molar-refractivity contribution is -0.120. The van der Waals surface area contributed by atoms with Crippen molar-refractivity contribution >= 4 is 22.7 Å². The lowest BCUT2D eigenvalue weighted by Crippen LogP contribution is -2.36. The maximum absolute atomic E-state index is 12.1. The molecule has 0 spiro atoms. The van der Waals surface area contributed by atoms with E-state index < -0.39 is 0 Å². The molecule has 1 N–H and O–H groups in total. The fourth-order valence-electron chi connectivity index (χ4n) is 3.04. The Bertz CT molecular complexity index is 850. The molecule has 1 amide bonds. The van der Waals surface area contributed by atoms with Crippen LogP contribution < -0.4 is 10.2 Å². The summed E-state index contributed by atoms with van der Waals surface area (Å²) in [6, 6.07) is 15.8. The van der Waals surface area contributed by atoms with Crippen molar-refractivity contribution < 1.29 is 13.9 Å². The Morgan fingerprint density at radius 2 is 1.85 bits per heavy atom. The number of amides is 1. The zero-order chi connectivity index (χ0) is 17.8. The van der Waals surface area contributed by atoms with E-state index in [-0.39, 0.29) is 12.3 Å². The highest BCUT2D eigenvalue weighted by Gasteiger charge is 2.12. The highest BCUT2D eigenvalue weighted by atomic mass is 16.5. The maximum Gasteiger partial charge on any atom is 0.229 e. The molecule has 6 heteroatoms. The van der Waals surface area contributed by atoms with Gasteiger partial charge in [-0.15, -0.1) is 0 Å². The van der Waals surface area contributed by atoms with Crippen LogP contribution in [-0.2, 0) is 22.5 Å². The van der Waals surface area contributed by atoms with Crippen molar-refractivity contribution in [3.05, 3.63) is 60.0 Å². The number of fused-ring (bicyclic) bond motifs is 1. The minimum absolute atomic E-state index is 0.103. The monoisotopic (exact) mass is 351 g/mol. The van der Waals surface area contributed by atoms with Gasteiger partial charge >= 0.3 is 0 Å². The number of oxazole rings is 1. The molecule has 3 aromatic rings. The molecule has 0 aliphatic carbocycles. The molecule has 1 saturated heterocycles. The average Bonchev–Trinajstić information content (AvgIpc) is 3.09. The van der Waals surface area contributed by atoms with Crippen molar-refractivity contribution in [3.63, 3.8) is 0 Å². The Balaban J connectivity index is 1.31. The van der Waals surface area contributed by atoms with E-state index in [4.69, 9.17) is 9.15 Å². The van der Waals surface area contributed by atoms with Crippen LogP contribution in [0.15, 0.2) is 52.9 Å². The van der Waals surface area contributed by atoms with Gasteiger partial charge in [-0.05, 0) is 29.8 Å². The summed E-state index contributed by atoms with van der Waals surface area (Å²) in [7, 11) is 0. The molecule has 134 valence electrons. The fourth-order valence-corrected chi connectivity index (χ4v) is 3.04. The van der Waals surface area contributed by atoms with Crippen molar-refractivity contribution in [1.82, 2.24) is 10.3 Å². The molecule has 2 aromatic carbocycles. The number of hydrogen-bond acceptors (Lipinski definition) is 5. The van der Waals surface area contributed by atoms with E-state index in [1.54, 1.807) is 0 Å². The van der Waals surface area contributed by atoms with Crippen LogP contribution in [0.5, 0.6) is 0 Å². The number of rotatable bonds is 5. The number of anilines is 1. The van der Waals surface area contributed by atoms with E-state index in [9.17, 15) is 4.79 Å². The minimum atomic E-state index is -0.103. The first-order chi connectivity index (χ1) is 12.8. The molecule has 1 aromatic heterocycles. The first-order valence-corrected chi connectivity index (χ1v) is 8.81. The second kappa shape index (κ2) is 7.58. The first kappa shape index (κ1) is 16.6. The third-order valence-corrected chi connectivity index (χ3v) is 4.45. The van der Waals surface area contributed by atoms with Crippen molar-refractivity contribution in [2.45, 2.75) is 13.0 Å². The van der Waals surface area contributed by atoms with Crippen LogP contribution in [0, 0.1) is 0 Å². The minimum Gasteiger partial charge on any atom is -0.440 e. The summed E-state index contributed by atoms with van der Waals surface area (Å²) in [5, 5.41) is 2.92. The van der Waals surface area contributed by atoms with Gasteiger partial charge in [0.1, 0.15) is 11.9 Å². The summed E-state index contributed by atoms with van der Waals surface area (Å²) in [6.07, 6.45) is 0.139. The van der Waals surface area contributed by atoms with Crippen molar-refractivity contribution in [2.75, 3.05) is 31.2 Å². The average molecular weight is 351 g/mol. The third kappa shape index (κ3) is 3.86. The number of hydrogen-bond donors (Lipinski definition) is 1. The van der Waals surface area contributed by atoms with Gasteiger partial charge in [0.25, 0.3) is 0 Å². The highest BCUT2D eigenvalue weighted by molar-refractivity contribution is 5.79. The molecular formula is C20H21N3O3. The van der Waals surface area contributed by atoms with Gasteiger partial charge in [-0.25, -0.2) is 4.98 Å². The Labute approximate surface area is 151 Å². The fraction of sp³-hybridized carbons (Fsp3) is 0.300. The zero-order valence-electron chi connectivity index (χ0n) is 14.5. The summed E-state index contributed by atoms with van der Waals surface area (Å²) >= 11 is 0. The molecule has 1 aliphatic heterocycles. The summed E-state index contributed by atoms with van der Waals surface area (Å²) in [4.78, 5) is 18.8. The van der Waals surface area contributed by atoms with Gasteiger partial charge < -0.3 is 19.4 Å². The lowest BCUT2D eigenvalue weighted by Gasteiger charge is -2.28. The number of carbonyl (C=O) groups is 1. The van der Waals surface area contributed by atoms with E-state index in [2.05, 4.69) is 27.3 Å². The van der Waals surface area contributed by atoms with Gasteiger partial charge in [0.2, 0.25) is 11.8 Å². The van der Waals surface area contributed by atoms with Crippen LogP contribution in [0.4, 0.5) is 5.69 Å². The number of nitrogens with one attached hydrogen (secondary N) is 1. The highest BCUT2D eigenvalue weighted by Crippen LogP contribution is 2.17. The van der Waals surface area contributed by atoms with Crippen LogP contribution in [0.25, 0.3) is 11.1 Å². The quantitative estimate of drug-likeness (QED) is 0.765. The predicted octanol–water partition coefficient (Wildman–Crippen LogP) is 2.52. The van der Waals surface area contributed by atoms with Crippen LogP contribution in [0.3, 0.4) is 0 Å². The molecule has 0 bridgehead atoms. The van der Waals surface area contributed by atoms with Gasteiger partial charge in [-0.3, -0.25) is 4.79 Å². The van der Waals surface area contributed by atoms with Crippen molar-refractivity contribution in [1.29, 1.82) is 0 Å². The number of aromatic nitrogens is 1. The number of carbonyl (C=O) groups excluding carboxylic acids is 1. The standard InChI is InChI=1S/C20H21N3O3/c24-19(13-20-22-17-3-1-2-4-18(17)26-20)21-14-15-5-7-16(8-6-15)23-9-11-25-12-10-23/h1-8H,9-14H2,(H,21,24). The summed E-state index contributed by atoms with van der Waals surface area (Å²) in [6.45, 7) is 3.87. The first-order valence-electron chi connectivity index (χ1n) is 8.81. The maximum atomic E-state index is 12.1. The molecule has 2 heterocycles. The molecule has 0 saturated carbocycles. The summed E-state index contributed by atoms with van der Waals surface area (Å²) in [5.74, 6) is 0.333. The lowest BCUT2D eigenvalue weighted by atomic mass is 10.2. The van der Waals surface area contributed by atoms with Gasteiger partial charge in [0.15, 0.2) is 5.58 Å². The van der Waals surface area contributed by atoms with E-state index in [1.807, 2.05) is 36.4 Å². The number of nitrogens with zero attached hydrogens (tertiary/aromatic N) is 2. The number of para-hydroxylation sites is 2. The molecule has 26 heavy (non-hydrogen) atoms. The Hall–Kier alpha value is -2.86. The van der Waals surface area contributed by atoms with Crippen LogP contribution in [-0.4, -0.2) is 37.2 Å². The topological polar surface area (TPSA) is 67.6 Å². The van der Waals surface area contributed by atoms with Crippen LogP contribution in [0.1, 0.15) is 11.5 Å². The molecule has 0 radical (unpaired) electrons. The number of benzene rings is 2. The smallest absolute Gasteiger partial charge is 0.229 e. The van der Waals surface area contributed by atoms with Gasteiger partial charge in [0.05, 0.1) is 13.2 Å². The van der Waals surface area contributed by atoms with Crippen molar-refractivity contribution in [2.24, 2.45) is 0 Å². The normalized spacial score (nSPS) is 14.5. The molecule has 4 rings (SSSR count). The van der Waals surface area contributed by atoms with Gasteiger partial charge in [-0.2, -0.15) is 0 Å². The Morgan fingerprint density at radius 3 is 2.62 bits per heavy atom. The molecule has 0 unspecified atom stereocenters. The van der Waals surface area contributed by atoms with E-state index in [0.29, 0.717) is 18.0 Å². The van der Waals surface area contributed by atoms with E-state index in [1.165, 1.54) is 5.69 Å². The molecule has 1 fully saturated rings.